The normalized spacial score (nSPS) is 17.9. The Morgan fingerprint density at radius 2 is 1.79 bits per heavy atom. The minimum atomic E-state index is -3.44. The highest BCUT2D eigenvalue weighted by Gasteiger charge is 2.30. The fourth-order valence-electron chi connectivity index (χ4n) is 2.47. The van der Waals surface area contributed by atoms with Crippen LogP contribution in [0.15, 0.2) is 32.0 Å². The molecule has 106 valence electrons. The summed E-state index contributed by atoms with van der Waals surface area (Å²) in [5, 5.41) is 0. The van der Waals surface area contributed by atoms with Gasteiger partial charge in [-0.3, -0.25) is 0 Å². The predicted molar refractivity (Wildman–Crippen MR) is 83.7 cm³/mol. The highest BCUT2D eigenvalue weighted by Crippen LogP contribution is 2.31. The molecule has 2 rings (SSSR count). The number of hydrogen-bond donors (Lipinski definition) is 0. The minimum absolute atomic E-state index is 0.129. The Balaban J connectivity index is 2.33. The predicted octanol–water partition coefficient (Wildman–Crippen LogP) is 4.16. The number of hydrogen-bond acceptors (Lipinski definition) is 2. The Kier molecular flexibility index (Phi) is 5.09. The second-order valence-corrected chi connectivity index (χ2v) is 8.62. The van der Waals surface area contributed by atoms with Gasteiger partial charge in [-0.2, -0.15) is 4.31 Å². The van der Waals surface area contributed by atoms with Crippen LogP contribution in [0.5, 0.6) is 0 Å². The molecule has 0 spiro atoms. The van der Waals surface area contributed by atoms with Crippen molar-refractivity contribution >= 4 is 41.9 Å². The van der Waals surface area contributed by atoms with Crippen molar-refractivity contribution in [1.29, 1.82) is 0 Å². The number of nitrogens with zero attached hydrogens (tertiary/aromatic N) is 1. The lowest BCUT2D eigenvalue weighted by atomic mass is 9.96. The van der Waals surface area contributed by atoms with Crippen molar-refractivity contribution in [2.75, 3.05) is 7.05 Å². The van der Waals surface area contributed by atoms with Gasteiger partial charge >= 0.3 is 0 Å². The summed E-state index contributed by atoms with van der Waals surface area (Å²) in [6.45, 7) is 0. The fourth-order valence-corrected chi connectivity index (χ4v) is 5.35. The molecule has 0 saturated heterocycles. The molecule has 0 unspecified atom stereocenters. The fraction of sp³-hybridized carbons (Fsp3) is 0.538. The van der Waals surface area contributed by atoms with E-state index in [4.69, 9.17) is 0 Å². The topological polar surface area (TPSA) is 37.4 Å². The van der Waals surface area contributed by atoms with Gasteiger partial charge in [-0.1, -0.05) is 35.2 Å². The summed E-state index contributed by atoms with van der Waals surface area (Å²) in [4.78, 5) is 0.329. The summed E-state index contributed by atoms with van der Waals surface area (Å²) in [7, 11) is -1.74. The Hall–Kier alpha value is 0.0900. The SMILES string of the molecule is CN(C1CCCCC1)S(=O)(=O)c1cc(Br)ccc1Br. The van der Waals surface area contributed by atoms with E-state index in [0.29, 0.717) is 9.37 Å². The van der Waals surface area contributed by atoms with Gasteiger partial charge in [0.05, 0.1) is 4.90 Å². The molecule has 1 aliphatic carbocycles. The van der Waals surface area contributed by atoms with E-state index in [0.717, 1.165) is 30.2 Å². The summed E-state index contributed by atoms with van der Waals surface area (Å²) in [5.74, 6) is 0. The number of sulfonamides is 1. The van der Waals surface area contributed by atoms with Crippen LogP contribution >= 0.6 is 31.9 Å². The lowest BCUT2D eigenvalue weighted by molar-refractivity contribution is 0.285. The molecule has 0 amide bonds. The molecule has 0 aliphatic heterocycles. The van der Waals surface area contributed by atoms with Crippen LogP contribution in [0.3, 0.4) is 0 Å². The van der Waals surface area contributed by atoms with E-state index in [1.807, 2.05) is 6.07 Å². The Morgan fingerprint density at radius 1 is 1.16 bits per heavy atom. The van der Waals surface area contributed by atoms with Crippen LogP contribution in [0.2, 0.25) is 0 Å². The largest absolute Gasteiger partial charge is 0.244 e. The lowest BCUT2D eigenvalue weighted by Gasteiger charge is -2.30. The second kappa shape index (κ2) is 6.24. The highest BCUT2D eigenvalue weighted by molar-refractivity contribution is 9.11. The van der Waals surface area contributed by atoms with Gasteiger partial charge in [-0.05, 0) is 47.0 Å². The van der Waals surface area contributed by atoms with Gasteiger partial charge < -0.3 is 0 Å². The van der Waals surface area contributed by atoms with Gasteiger partial charge in [0, 0.05) is 22.0 Å². The first kappa shape index (κ1) is 15.5. The number of halogens is 2. The van der Waals surface area contributed by atoms with E-state index in [2.05, 4.69) is 31.9 Å². The van der Waals surface area contributed by atoms with Crippen LogP contribution in [0.25, 0.3) is 0 Å². The van der Waals surface area contributed by atoms with E-state index >= 15 is 0 Å². The van der Waals surface area contributed by atoms with Crippen molar-refractivity contribution in [2.24, 2.45) is 0 Å². The average molecular weight is 411 g/mol. The van der Waals surface area contributed by atoms with Gasteiger partial charge in [-0.15, -0.1) is 0 Å². The molecule has 1 aromatic carbocycles. The summed E-state index contributed by atoms with van der Waals surface area (Å²) >= 11 is 6.66. The van der Waals surface area contributed by atoms with Crippen LogP contribution in [-0.4, -0.2) is 25.8 Å². The van der Waals surface area contributed by atoms with Gasteiger partial charge in [0.25, 0.3) is 0 Å². The van der Waals surface area contributed by atoms with E-state index in [1.165, 1.54) is 6.42 Å². The van der Waals surface area contributed by atoms with Crippen LogP contribution in [0.4, 0.5) is 0 Å². The van der Waals surface area contributed by atoms with E-state index < -0.39 is 10.0 Å². The van der Waals surface area contributed by atoms with E-state index in [-0.39, 0.29) is 6.04 Å². The Labute approximate surface area is 131 Å². The zero-order valence-corrected chi connectivity index (χ0v) is 14.8. The Bertz CT molecular complexity index is 554. The highest BCUT2D eigenvalue weighted by atomic mass is 79.9. The van der Waals surface area contributed by atoms with Crippen molar-refractivity contribution in [3.8, 4) is 0 Å². The van der Waals surface area contributed by atoms with Gasteiger partial charge in [0.15, 0.2) is 0 Å². The number of benzene rings is 1. The molecule has 1 saturated carbocycles. The summed E-state index contributed by atoms with van der Waals surface area (Å²) in [5.41, 5.74) is 0. The first-order valence-corrected chi connectivity index (χ1v) is 9.38. The van der Waals surface area contributed by atoms with Crippen molar-refractivity contribution < 1.29 is 8.42 Å². The molecule has 1 aromatic rings. The summed E-state index contributed by atoms with van der Waals surface area (Å²) in [6, 6.07) is 5.36. The van der Waals surface area contributed by atoms with Crippen LogP contribution in [0, 0.1) is 0 Å². The molecule has 6 heteroatoms. The van der Waals surface area contributed by atoms with Gasteiger partial charge in [0.1, 0.15) is 0 Å². The molecule has 19 heavy (non-hydrogen) atoms. The van der Waals surface area contributed by atoms with Crippen LogP contribution < -0.4 is 0 Å². The zero-order valence-electron chi connectivity index (χ0n) is 10.8. The third-order valence-corrected chi connectivity index (χ3v) is 7.04. The minimum Gasteiger partial charge on any atom is -0.207 e. The average Bonchev–Trinajstić information content (AvgIpc) is 2.41. The second-order valence-electron chi connectivity index (χ2n) is 4.89. The van der Waals surface area contributed by atoms with Gasteiger partial charge in [-0.25, -0.2) is 8.42 Å². The monoisotopic (exact) mass is 409 g/mol. The molecule has 0 radical (unpaired) electrons. The molecule has 0 aromatic heterocycles. The summed E-state index contributed by atoms with van der Waals surface area (Å²) in [6.07, 6.45) is 5.36. The van der Waals surface area contributed by atoms with Crippen molar-refractivity contribution in [3.63, 3.8) is 0 Å². The maximum Gasteiger partial charge on any atom is 0.244 e. The third kappa shape index (κ3) is 3.40. The van der Waals surface area contributed by atoms with Crippen molar-refractivity contribution in [1.82, 2.24) is 4.31 Å². The molecule has 1 aliphatic rings. The maximum atomic E-state index is 12.7. The lowest BCUT2D eigenvalue weighted by Crippen LogP contribution is -2.38. The molecule has 0 heterocycles. The first-order valence-electron chi connectivity index (χ1n) is 6.36. The Morgan fingerprint density at radius 3 is 2.42 bits per heavy atom. The standard InChI is InChI=1S/C13H17Br2NO2S/c1-16(11-5-3-2-4-6-11)19(17,18)13-9-10(14)7-8-12(13)15/h7-9,11H,2-6H2,1H3. The third-order valence-electron chi connectivity index (χ3n) is 3.64. The molecule has 0 N–H and O–H groups in total. The molecule has 0 atom stereocenters. The van der Waals surface area contributed by atoms with E-state index in [9.17, 15) is 8.42 Å². The quantitative estimate of drug-likeness (QED) is 0.749. The van der Waals surface area contributed by atoms with Crippen LogP contribution in [0.1, 0.15) is 32.1 Å². The molecular weight excluding hydrogens is 394 g/mol. The van der Waals surface area contributed by atoms with E-state index in [1.54, 1.807) is 23.5 Å². The maximum absolute atomic E-state index is 12.7. The molecule has 3 nitrogen and oxygen atoms in total. The van der Waals surface area contributed by atoms with Crippen molar-refractivity contribution in [3.05, 3.63) is 27.1 Å². The molecule has 1 fully saturated rings. The number of rotatable bonds is 3. The zero-order chi connectivity index (χ0) is 14.0. The van der Waals surface area contributed by atoms with Gasteiger partial charge in [0.2, 0.25) is 10.0 Å². The smallest absolute Gasteiger partial charge is 0.207 e. The van der Waals surface area contributed by atoms with Crippen molar-refractivity contribution in [2.45, 2.75) is 43.0 Å². The summed E-state index contributed by atoms with van der Waals surface area (Å²) < 4.78 is 28.3. The molecular formula is C13H17Br2NO2S. The first-order chi connectivity index (χ1) is 8.93. The molecule has 0 bridgehead atoms. The van der Waals surface area contributed by atoms with Crippen LogP contribution in [-0.2, 0) is 10.0 Å².